The van der Waals surface area contributed by atoms with Gasteiger partial charge in [-0.1, -0.05) is 18.2 Å². The lowest BCUT2D eigenvalue weighted by Crippen LogP contribution is -2.57. The number of benzene rings is 2. The smallest absolute Gasteiger partial charge is 0.409 e. The van der Waals surface area contributed by atoms with Gasteiger partial charge in [0.15, 0.2) is 0 Å². The van der Waals surface area contributed by atoms with Crippen molar-refractivity contribution in [1.82, 2.24) is 20.7 Å². The number of nitrogens with one attached hydrogen (secondary N) is 2. The normalized spacial score (nSPS) is 14.6. The minimum absolute atomic E-state index is 0.120. The lowest BCUT2D eigenvalue weighted by atomic mass is 9.83. The third-order valence-corrected chi connectivity index (χ3v) is 6.60. The maximum atomic E-state index is 13.1. The first-order valence-electron chi connectivity index (χ1n) is 12.0. The minimum atomic E-state index is -0.913. The number of hydrogen-bond donors (Lipinski definition) is 3. The molecule has 0 saturated carbocycles. The molecular weight excluding hydrogens is 476 g/mol. The number of hydrogen-bond acceptors (Lipinski definition) is 7. The maximum Gasteiger partial charge on any atom is 0.409 e. The number of aryl methyl sites for hydroxylation is 1. The summed E-state index contributed by atoms with van der Waals surface area (Å²) in [5.41, 5.74) is 3.96. The van der Waals surface area contributed by atoms with Crippen molar-refractivity contribution in [3.63, 3.8) is 0 Å². The topological polar surface area (TPSA) is 130 Å². The molecule has 2 aromatic carbocycles. The van der Waals surface area contributed by atoms with Gasteiger partial charge in [-0.15, -0.1) is 0 Å². The molecule has 0 atom stereocenters. The third kappa shape index (κ3) is 6.15. The number of hydroxylamine groups is 1. The Morgan fingerprint density at radius 2 is 1.78 bits per heavy atom. The molecule has 1 saturated heterocycles. The van der Waals surface area contributed by atoms with Crippen LogP contribution in [-0.2, 0) is 16.1 Å². The first kappa shape index (κ1) is 25.9. The van der Waals surface area contributed by atoms with E-state index in [1.807, 2.05) is 37.3 Å². The van der Waals surface area contributed by atoms with Crippen molar-refractivity contribution in [2.24, 2.45) is 0 Å². The van der Waals surface area contributed by atoms with Crippen LogP contribution in [0, 0.1) is 6.92 Å². The van der Waals surface area contributed by atoms with Crippen molar-refractivity contribution in [2.75, 3.05) is 20.2 Å². The average Bonchev–Trinajstić information content (AvgIpc) is 2.91. The van der Waals surface area contributed by atoms with E-state index in [0.717, 1.165) is 22.2 Å². The molecule has 10 nitrogen and oxygen atoms in total. The number of carbonyl (C=O) groups is 3. The number of aromatic nitrogens is 1. The zero-order valence-electron chi connectivity index (χ0n) is 20.8. The second-order valence-electron chi connectivity index (χ2n) is 9.16. The van der Waals surface area contributed by atoms with Crippen LogP contribution in [0.25, 0.3) is 10.9 Å². The van der Waals surface area contributed by atoms with E-state index < -0.39 is 17.5 Å². The highest BCUT2D eigenvalue weighted by Gasteiger charge is 2.39. The minimum Gasteiger partial charge on any atom is -0.489 e. The first-order valence-corrected chi connectivity index (χ1v) is 12.0. The molecule has 1 aliphatic rings. The Balaban J connectivity index is 1.42. The summed E-state index contributed by atoms with van der Waals surface area (Å²) >= 11 is 0. The summed E-state index contributed by atoms with van der Waals surface area (Å²) in [5, 5.41) is 13.0. The van der Waals surface area contributed by atoms with Gasteiger partial charge in [0.2, 0.25) is 5.91 Å². The van der Waals surface area contributed by atoms with Crippen LogP contribution in [0.1, 0.15) is 40.9 Å². The number of ether oxygens (including phenoxy) is 2. The van der Waals surface area contributed by atoms with Crippen molar-refractivity contribution < 1.29 is 29.1 Å². The molecule has 0 bridgehead atoms. The van der Waals surface area contributed by atoms with Crippen molar-refractivity contribution in [2.45, 2.75) is 38.3 Å². The number of para-hydroxylation sites is 1. The van der Waals surface area contributed by atoms with Gasteiger partial charge < -0.3 is 19.7 Å². The summed E-state index contributed by atoms with van der Waals surface area (Å²) in [4.78, 5) is 43.0. The Hall–Kier alpha value is -4.18. The molecule has 0 aliphatic carbocycles. The lowest BCUT2D eigenvalue weighted by Gasteiger charge is -2.41. The molecule has 3 aromatic rings. The van der Waals surface area contributed by atoms with Crippen LogP contribution in [0.15, 0.2) is 54.6 Å². The van der Waals surface area contributed by atoms with Gasteiger partial charge >= 0.3 is 6.09 Å². The summed E-state index contributed by atoms with van der Waals surface area (Å²) in [6.07, 6.45) is 0.0888. The second-order valence-corrected chi connectivity index (χ2v) is 9.16. The van der Waals surface area contributed by atoms with Gasteiger partial charge in [-0.25, -0.2) is 10.3 Å². The summed E-state index contributed by atoms with van der Waals surface area (Å²) in [7, 11) is 1.30. The first-order chi connectivity index (χ1) is 17.8. The monoisotopic (exact) mass is 506 g/mol. The Kier molecular flexibility index (Phi) is 7.88. The van der Waals surface area contributed by atoms with Gasteiger partial charge in [-0.05, 0) is 56.2 Å². The molecule has 10 heteroatoms. The summed E-state index contributed by atoms with van der Waals surface area (Å²) in [6.45, 7) is 2.91. The fraction of sp³-hybridized carbons (Fsp3) is 0.333. The van der Waals surface area contributed by atoms with E-state index in [0.29, 0.717) is 43.9 Å². The number of fused-ring (bicyclic) bond motifs is 1. The Morgan fingerprint density at radius 1 is 1.08 bits per heavy atom. The molecule has 1 aromatic heterocycles. The Morgan fingerprint density at radius 3 is 2.46 bits per heavy atom. The number of piperidine rings is 1. The van der Waals surface area contributed by atoms with E-state index in [9.17, 15) is 14.4 Å². The third-order valence-electron chi connectivity index (χ3n) is 6.60. The Bertz CT molecular complexity index is 1290. The fourth-order valence-corrected chi connectivity index (χ4v) is 4.63. The molecule has 1 aliphatic heterocycles. The van der Waals surface area contributed by atoms with Crippen LogP contribution in [0.5, 0.6) is 5.75 Å². The summed E-state index contributed by atoms with van der Waals surface area (Å²) in [6, 6.07) is 16.6. The van der Waals surface area contributed by atoms with Crippen LogP contribution in [0.2, 0.25) is 0 Å². The molecule has 3 amide bonds. The number of rotatable bonds is 7. The summed E-state index contributed by atoms with van der Waals surface area (Å²) in [5.74, 6) is -0.371. The van der Waals surface area contributed by atoms with E-state index in [2.05, 4.69) is 10.3 Å². The molecule has 2 heterocycles. The highest BCUT2D eigenvalue weighted by Crippen LogP contribution is 2.27. The number of carbonyl (C=O) groups excluding carboxylic acids is 3. The van der Waals surface area contributed by atoms with E-state index >= 15 is 0 Å². The number of likely N-dealkylation sites (tertiary alicyclic amines) is 1. The van der Waals surface area contributed by atoms with Crippen LogP contribution in [0.3, 0.4) is 0 Å². The maximum absolute atomic E-state index is 13.1. The lowest BCUT2D eigenvalue weighted by molar-refractivity contribution is -0.131. The second kappa shape index (κ2) is 11.3. The van der Waals surface area contributed by atoms with Crippen molar-refractivity contribution in [1.29, 1.82) is 0 Å². The molecular formula is C27H30N4O6. The molecule has 4 rings (SSSR count). The van der Waals surface area contributed by atoms with Gasteiger partial charge in [0, 0.05) is 35.3 Å². The molecule has 0 spiro atoms. The molecule has 37 heavy (non-hydrogen) atoms. The predicted octanol–water partition coefficient (Wildman–Crippen LogP) is 3.35. The van der Waals surface area contributed by atoms with Crippen molar-refractivity contribution in [3.8, 4) is 5.75 Å². The SMILES string of the molecule is COC(=O)N1CCC(CC(=O)NO)(NC(=O)c2ccc(OCc3cc(C)nc4ccccc34)cc2)CC1. The number of methoxy groups -OCH3 is 1. The van der Waals surface area contributed by atoms with Gasteiger partial charge in [-0.2, -0.15) is 0 Å². The van der Waals surface area contributed by atoms with Crippen molar-refractivity contribution >= 4 is 28.8 Å². The molecule has 3 N–H and O–H groups in total. The van der Waals surface area contributed by atoms with Crippen molar-refractivity contribution in [3.05, 3.63) is 71.4 Å². The highest BCUT2D eigenvalue weighted by atomic mass is 16.5. The molecule has 1 fully saturated rings. The van der Waals surface area contributed by atoms with Gasteiger partial charge in [0.05, 0.1) is 24.6 Å². The van der Waals surface area contributed by atoms with Crippen LogP contribution in [0.4, 0.5) is 4.79 Å². The van der Waals surface area contributed by atoms with Crippen LogP contribution >= 0.6 is 0 Å². The van der Waals surface area contributed by atoms with E-state index in [1.165, 1.54) is 12.0 Å². The van der Waals surface area contributed by atoms with Gasteiger partial charge in [-0.3, -0.25) is 19.8 Å². The van der Waals surface area contributed by atoms with Crippen LogP contribution < -0.4 is 15.5 Å². The predicted molar refractivity (Wildman–Crippen MR) is 135 cm³/mol. The molecule has 194 valence electrons. The highest BCUT2D eigenvalue weighted by molar-refractivity contribution is 5.95. The zero-order valence-corrected chi connectivity index (χ0v) is 20.8. The van der Waals surface area contributed by atoms with Crippen LogP contribution in [-0.4, -0.2) is 58.7 Å². The van der Waals surface area contributed by atoms with E-state index in [-0.39, 0.29) is 12.3 Å². The number of nitrogens with zero attached hydrogens (tertiary/aromatic N) is 2. The summed E-state index contributed by atoms with van der Waals surface area (Å²) < 4.78 is 10.7. The number of pyridine rings is 1. The molecule has 0 radical (unpaired) electrons. The van der Waals surface area contributed by atoms with Gasteiger partial charge in [0.25, 0.3) is 5.91 Å². The molecule has 0 unspecified atom stereocenters. The Labute approximate surface area is 214 Å². The van der Waals surface area contributed by atoms with Gasteiger partial charge in [0.1, 0.15) is 12.4 Å². The fourth-order valence-electron chi connectivity index (χ4n) is 4.63. The van der Waals surface area contributed by atoms with E-state index in [4.69, 9.17) is 14.7 Å². The quantitative estimate of drug-likeness (QED) is 0.331. The standard InChI is InChI=1S/C27H30N4O6/c1-18-15-20(22-5-3-4-6-23(22)28-18)17-37-21-9-7-19(8-10-21)25(33)29-27(16-24(32)30-35)11-13-31(14-12-27)26(34)36-2/h3-10,15,35H,11-14,16-17H2,1-2H3,(H,29,33)(H,30,32). The zero-order chi connectivity index (χ0) is 26.4. The largest absolute Gasteiger partial charge is 0.489 e. The number of amides is 3. The average molecular weight is 507 g/mol. The van der Waals surface area contributed by atoms with E-state index in [1.54, 1.807) is 29.7 Å².